The van der Waals surface area contributed by atoms with Crippen LogP contribution in [0.4, 0.5) is 0 Å². The first-order valence-electron chi connectivity index (χ1n) is 5.15. The molecule has 90 valence electrons. The van der Waals surface area contributed by atoms with Gasteiger partial charge in [0.15, 0.2) is 0 Å². The molecule has 0 aliphatic carbocycles. The molecule has 0 amide bonds. The van der Waals surface area contributed by atoms with E-state index in [9.17, 15) is 0 Å². The summed E-state index contributed by atoms with van der Waals surface area (Å²) in [6.07, 6.45) is 0. The van der Waals surface area contributed by atoms with E-state index >= 15 is 0 Å². The fraction of sp³-hybridized carbons (Fsp3) is 0.231. The summed E-state index contributed by atoms with van der Waals surface area (Å²) < 4.78 is 5.94. The van der Waals surface area contributed by atoms with Gasteiger partial charge in [0.25, 0.3) is 0 Å². The molecule has 1 aromatic carbocycles. The van der Waals surface area contributed by atoms with Crippen LogP contribution in [0.5, 0.6) is 5.75 Å². The number of halogens is 2. The molecule has 0 aliphatic heterocycles. The number of ether oxygens (including phenoxy) is 1. The summed E-state index contributed by atoms with van der Waals surface area (Å²) in [5, 5.41) is -0.154. The molecule has 0 saturated carbocycles. The van der Waals surface area contributed by atoms with Crippen molar-refractivity contribution in [2.45, 2.75) is 12.3 Å². The van der Waals surface area contributed by atoms with Crippen LogP contribution in [0.2, 0.25) is 4.34 Å². The first kappa shape index (κ1) is 12.7. The minimum Gasteiger partial charge on any atom is -0.497 e. The van der Waals surface area contributed by atoms with Gasteiger partial charge >= 0.3 is 0 Å². The summed E-state index contributed by atoms with van der Waals surface area (Å²) in [7, 11) is 1.66. The molecule has 2 rings (SSSR count). The van der Waals surface area contributed by atoms with Gasteiger partial charge in [-0.2, -0.15) is 0 Å². The molecule has 1 unspecified atom stereocenters. The Morgan fingerprint density at radius 1 is 1.24 bits per heavy atom. The molecule has 1 atom stereocenters. The summed E-state index contributed by atoms with van der Waals surface area (Å²) in [5.41, 5.74) is 2.21. The molecule has 1 nitrogen and oxygen atoms in total. The highest BCUT2D eigenvalue weighted by Crippen LogP contribution is 2.37. The minimum absolute atomic E-state index is 0.154. The van der Waals surface area contributed by atoms with Crippen molar-refractivity contribution >= 4 is 34.5 Å². The average molecular weight is 287 g/mol. The fourth-order valence-corrected chi connectivity index (χ4v) is 3.19. The molecular weight excluding hydrogens is 275 g/mol. The second kappa shape index (κ2) is 5.30. The summed E-state index contributed by atoms with van der Waals surface area (Å²) >= 11 is 13.9. The number of hydrogen-bond donors (Lipinski definition) is 0. The van der Waals surface area contributed by atoms with E-state index in [0.29, 0.717) is 0 Å². The Balaban J connectivity index is 2.34. The third-order valence-corrected chi connectivity index (χ3v) is 4.49. The van der Waals surface area contributed by atoms with E-state index in [1.807, 2.05) is 37.3 Å². The maximum absolute atomic E-state index is 6.46. The molecule has 0 fully saturated rings. The van der Waals surface area contributed by atoms with Crippen molar-refractivity contribution in [1.29, 1.82) is 0 Å². The highest BCUT2D eigenvalue weighted by atomic mass is 35.5. The van der Waals surface area contributed by atoms with E-state index in [4.69, 9.17) is 27.9 Å². The van der Waals surface area contributed by atoms with Crippen molar-refractivity contribution in [1.82, 2.24) is 0 Å². The molecule has 0 spiro atoms. The van der Waals surface area contributed by atoms with Gasteiger partial charge in [-0.05, 0) is 42.3 Å². The maximum Gasteiger partial charge on any atom is 0.119 e. The van der Waals surface area contributed by atoms with Gasteiger partial charge in [0.1, 0.15) is 5.75 Å². The molecule has 0 bridgehead atoms. The van der Waals surface area contributed by atoms with Gasteiger partial charge in [-0.1, -0.05) is 17.7 Å². The predicted molar refractivity (Wildman–Crippen MR) is 74.8 cm³/mol. The van der Waals surface area contributed by atoms with E-state index in [0.717, 1.165) is 26.1 Å². The SMILES string of the molecule is COc1ccc(C(Cl)c2ccc(Cl)s2)c(C)c1. The lowest BCUT2D eigenvalue weighted by molar-refractivity contribution is 0.414. The molecule has 2 aromatic rings. The number of methoxy groups -OCH3 is 1. The lowest BCUT2D eigenvalue weighted by Crippen LogP contribution is -1.95. The highest BCUT2D eigenvalue weighted by molar-refractivity contribution is 7.16. The molecule has 0 aliphatic rings. The lowest BCUT2D eigenvalue weighted by atomic mass is 10.0. The first-order valence-corrected chi connectivity index (χ1v) is 6.78. The Labute approximate surface area is 115 Å². The molecule has 1 aromatic heterocycles. The first-order chi connectivity index (χ1) is 8.11. The lowest BCUT2D eigenvalue weighted by Gasteiger charge is -2.12. The summed E-state index contributed by atoms with van der Waals surface area (Å²) in [6, 6.07) is 9.75. The van der Waals surface area contributed by atoms with Crippen molar-refractivity contribution in [3.05, 3.63) is 50.7 Å². The maximum atomic E-state index is 6.46. The standard InChI is InChI=1S/C13H12Cl2OS/c1-8-7-9(16-2)3-4-10(8)13(15)11-5-6-12(14)17-11/h3-7,13H,1-2H3. The van der Waals surface area contributed by atoms with Gasteiger partial charge in [0.2, 0.25) is 0 Å². The van der Waals surface area contributed by atoms with Gasteiger partial charge < -0.3 is 4.74 Å². The number of hydrogen-bond acceptors (Lipinski definition) is 2. The quantitative estimate of drug-likeness (QED) is 0.718. The number of alkyl halides is 1. The summed E-state index contributed by atoms with van der Waals surface area (Å²) in [6.45, 7) is 2.03. The van der Waals surface area contributed by atoms with Crippen LogP contribution in [0.1, 0.15) is 21.4 Å². The zero-order valence-corrected chi connectivity index (χ0v) is 11.9. The highest BCUT2D eigenvalue weighted by Gasteiger charge is 2.15. The molecule has 4 heteroatoms. The minimum atomic E-state index is -0.154. The fourth-order valence-electron chi connectivity index (χ4n) is 1.68. The van der Waals surface area contributed by atoms with Gasteiger partial charge in [-0.15, -0.1) is 22.9 Å². The van der Waals surface area contributed by atoms with Crippen LogP contribution in [0.25, 0.3) is 0 Å². The van der Waals surface area contributed by atoms with Crippen molar-refractivity contribution in [3.63, 3.8) is 0 Å². The second-order valence-electron chi connectivity index (χ2n) is 3.73. The third-order valence-electron chi connectivity index (χ3n) is 2.59. The van der Waals surface area contributed by atoms with Crippen LogP contribution in [-0.2, 0) is 0 Å². The van der Waals surface area contributed by atoms with Crippen molar-refractivity contribution in [2.24, 2.45) is 0 Å². The van der Waals surface area contributed by atoms with Crippen LogP contribution in [0.15, 0.2) is 30.3 Å². The van der Waals surface area contributed by atoms with Crippen molar-refractivity contribution in [2.75, 3.05) is 7.11 Å². The molecule has 0 N–H and O–H groups in total. The number of rotatable bonds is 3. The van der Waals surface area contributed by atoms with Crippen LogP contribution in [-0.4, -0.2) is 7.11 Å². The molecule has 0 radical (unpaired) electrons. The number of benzene rings is 1. The average Bonchev–Trinajstić information content (AvgIpc) is 2.75. The van der Waals surface area contributed by atoms with Gasteiger partial charge in [-0.3, -0.25) is 0 Å². The Morgan fingerprint density at radius 3 is 2.53 bits per heavy atom. The molecular formula is C13H12Cl2OS. The van der Waals surface area contributed by atoms with Gasteiger partial charge in [0, 0.05) is 4.88 Å². The zero-order valence-electron chi connectivity index (χ0n) is 9.54. The van der Waals surface area contributed by atoms with E-state index < -0.39 is 0 Å². The Bertz CT molecular complexity index is 522. The van der Waals surface area contributed by atoms with Crippen LogP contribution >= 0.6 is 34.5 Å². The predicted octanol–water partition coefficient (Wildman–Crippen LogP) is 5.05. The van der Waals surface area contributed by atoms with Crippen LogP contribution < -0.4 is 4.74 Å². The van der Waals surface area contributed by atoms with Crippen molar-refractivity contribution in [3.8, 4) is 5.75 Å². The van der Waals surface area contributed by atoms with Crippen LogP contribution in [0.3, 0.4) is 0 Å². The summed E-state index contributed by atoms with van der Waals surface area (Å²) in [4.78, 5) is 1.06. The number of aryl methyl sites for hydroxylation is 1. The topological polar surface area (TPSA) is 9.23 Å². The van der Waals surface area contributed by atoms with Gasteiger partial charge in [0.05, 0.1) is 16.8 Å². The number of thiophene rings is 1. The molecule has 17 heavy (non-hydrogen) atoms. The Hall–Kier alpha value is -0.700. The van der Waals surface area contributed by atoms with E-state index in [2.05, 4.69) is 0 Å². The Kier molecular flexibility index (Phi) is 3.97. The summed E-state index contributed by atoms with van der Waals surface area (Å²) in [5.74, 6) is 0.847. The van der Waals surface area contributed by atoms with Crippen LogP contribution in [0, 0.1) is 6.92 Å². The van der Waals surface area contributed by atoms with E-state index in [1.165, 1.54) is 11.3 Å². The van der Waals surface area contributed by atoms with Crippen molar-refractivity contribution < 1.29 is 4.74 Å². The largest absolute Gasteiger partial charge is 0.497 e. The smallest absolute Gasteiger partial charge is 0.119 e. The molecule has 1 heterocycles. The second-order valence-corrected chi connectivity index (χ2v) is 5.91. The van der Waals surface area contributed by atoms with Gasteiger partial charge in [-0.25, -0.2) is 0 Å². The monoisotopic (exact) mass is 286 g/mol. The van der Waals surface area contributed by atoms with E-state index in [1.54, 1.807) is 7.11 Å². The Morgan fingerprint density at radius 2 is 2.00 bits per heavy atom. The normalized spacial score (nSPS) is 12.5. The zero-order chi connectivity index (χ0) is 12.4. The molecule has 0 saturated heterocycles. The third kappa shape index (κ3) is 2.76. The van der Waals surface area contributed by atoms with E-state index in [-0.39, 0.29) is 5.38 Å².